The van der Waals surface area contributed by atoms with Crippen LogP contribution in [0.25, 0.3) is 0 Å². The van der Waals surface area contributed by atoms with Crippen LogP contribution in [0.2, 0.25) is 0 Å². The van der Waals surface area contributed by atoms with E-state index in [4.69, 9.17) is 9.52 Å². The van der Waals surface area contributed by atoms with Crippen molar-refractivity contribution in [3.63, 3.8) is 0 Å². The number of rotatable bonds is 3. The van der Waals surface area contributed by atoms with Crippen molar-refractivity contribution >= 4 is 21.9 Å². The average molecular weight is 270 g/mol. The molecule has 0 aromatic carbocycles. The van der Waals surface area contributed by atoms with E-state index in [9.17, 15) is 4.79 Å². The minimum Gasteiger partial charge on any atom is -0.478 e. The normalized spacial score (nSPS) is 10.5. The monoisotopic (exact) mass is 269 g/mol. The Bertz CT molecular complexity index is 486. The first-order valence-corrected chi connectivity index (χ1v) is 5.06. The van der Waals surface area contributed by atoms with Gasteiger partial charge in [-0.05, 0) is 28.1 Å². The second-order valence-corrected chi connectivity index (χ2v) is 3.92. The molecule has 0 atom stereocenters. The van der Waals surface area contributed by atoms with Gasteiger partial charge < -0.3 is 14.1 Å². The minimum absolute atomic E-state index is 0.289. The Labute approximate surface area is 94.3 Å². The van der Waals surface area contributed by atoms with Crippen molar-refractivity contribution in [1.29, 1.82) is 0 Å². The number of carboxylic acids is 1. The number of aromatic carboxylic acids is 1. The summed E-state index contributed by atoms with van der Waals surface area (Å²) in [5, 5.41) is 8.73. The minimum atomic E-state index is -0.915. The molecular formula is C10H8BrNO3. The number of nitrogens with zero attached hydrogens (tertiary/aromatic N) is 1. The van der Waals surface area contributed by atoms with Crippen molar-refractivity contribution in [2.75, 3.05) is 0 Å². The van der Waals surface area contributed by atoms with E-state index in [2.05, 4.69) is 15.9 Å². The molecule has 0 radical (unpaired) electrons. The fraction of sp³-hybridized carbons (Fsp3) is 0.100. The highest BCUT2D eigenvalue weighted by atomic mass is 79.9. The Morgan fingerprint density at radius 1 is 1.60 bits per heavy atom. The molecule has 2 heterocycles. The first kappa shape index (κ1) is 10.0. The molecule has 2 aromatic heterocycles. The van der Waals surface area contributed by atoms with E-state index in [0.717, 1.165) is 5.56 Å². The predicted octanol–water partition coefficient (Wildman–Crippen LogP) is 2.59. The maximum Gasteiger partial charge on any atom is 0.337 e. The van der Waals surface area contributed by atoms with Crippen LogP contribution < -0.4 is 0 Å². The van der Waals surface area contributed by atoms with Gasteiger partial charge in [-0.25, -0.2) is 4.79 Å². The fourth-order valence-corrected chi connectivity index (χ4v) is 1.69. The van der Waals surface area contributed by atoms with E-state index < -0.39 is 5.97 Å². The molecule has 15 heavy (non-hydrogen) atoms. The molecule has 0 saturated carbocycles. The van der Waals surface area contributed by atoms with Gasteiger partial charge in [-0.1, -0.05) is 0 Å². The van der Waals surface area contributed by atoms with Crippen LogP contribution in [-0.2, 0) is 6.54 Å². The molecule has 0 aliphatic heterocycles. The van der Waals surface area contributed by atoms with Gasteiger partial charge in [0.25, 0.3) is 0 Å². The van der Waals surface area contributed by atoms with Crippen LogP contribution in [0.15, 0.2) is 39.9 Å². The summed E-state index contributed by atoms with van der Waals surface area (Å²) < 4.78 is 7.54. The molecule has 1 N–H and O–H groups in total. The smallest absolute Gasteiger partial charge is 0.337 e. The Morgan fingerprint density at radius 2 is 2.40 bits per heavy atom. The summed E-state index contributed by atoms with van der Waals surface area (Å²) in [6.07, 6.45) is 4.94. The first-order chi connectivity index (χ1) is 7.15. The molecule has 2 rings (SSSR count). The Kier molecular flexibility index (Phi) is 2.64. The number of halogens is 1. The van der Waals surface area contributed by atoms with E-state index in [1.807, 2.05) is 6.07 Å². The van der Waals surface area contributed by atoms with Crippen molar-refractivity contribution in [2.24, 2.45) is 0 Å². The number of hydrogen-bond acceptors (Lipinski definition) is 2. The van der Waals surface area contributed by atoms with E-state index >= 15 is 0 Å². The summed E-state index contributed by atoms with van der Waals surface area (Å²) in [5.41, 5.74) is 1.27. The molecule has 0 aliphatic rings. The predicted molar refractivity (Wildman–Crippen MR) is 56.9 cm³/mol. The Hall–Kier alpha value is -1.49. The third-order valence-electron chi connectivity index (χ3n) is 1.98. The lowest BCUT2D eigenvalue weighted by molar-refractivity contribution is 0.0697. The number of furan rings is 1. The summed E-state index contributed by atoms with van der Waals surface area (Å²) in [6.45, 7) is 0.600. The summed E-state index contributed by atoms with van der Waals surface area (Å²) in [6, 6.07) is 3.41. The zero-order valence-electron chi connectivity index (χ0n) is 7.68. The molecule has 5 heteroatoms. The van der Waals surface area contributed by atoms with Crippen molar-refractivity contribution in [3.8, 4) is 0 Å². The molecule has 4 nitrogen and oxygen atoms in total. The van der Waals surface area contributed by atoms with Crippen LogP contribution in [0.3, 0.4) is 0 Å². The summed E-state index contributed by atoms with van der Waals surface area (Å²) in [7, 11) is 0. The number of hydrogen-bond donors (Lipinski definition) is 1. The zero-order chi connectivity index (χ0) is 10.8. The van der Waals surface area contributed by atoms with Gasteiger partial charge in [0.1, 0.15) is 0 Å². The molecule has 0 saturated heterocycles. The van der Waals surface area contributed by atoms with Gasteiger partial charge in [-0.2, -0.15) is 0 Å². The van der Waals surface area contributed by atoms with Gasteiger partial charge in [0.2, 0.25) is 0 Å². The van der Waals surface area contributed by atoms with Crippen LogP contribution in [0, 0.1) is 0 Å². The van der Waals surface area contributed by atoms with Crippen molar-refractivity contribution < 1.29 is 14.3 Å². The Morgan fingerprint density at radius 3 is 2.93 bits per heavy atom. The van der Waals surface area contributed by atoms with Gasteiger partial charge in [-0.3, -0.25) is 0 Å². The van der Waals surface area contributed by atoms with Crippen LogP contribution in [0.5, 0.6) is 0 Å². The zero-order valence-corrected chi connectivity index (χ0v) is 9.27. The second-order valence-electron chi connectivity index (χ2n) is 3.14. The second kappa shape index (κ2) is 3.94. The van der Waals surface area contributed by atoms with Crippen LogP contribution in [0.1, 0.15) is 15.9 Å². The lowest BCUT2D eigenvalue weighted by atomic mass is 10.3. The van der Waals surface area contributed by atoms with Gasteiger partial charge in [0.05, 0.1) is 18.4 Å². The number of aromatic nitrogens is 1. The highest BCUT2D eigenvalue weighted by Gasteiger charge is 2.05. The maximum atomic E-state index is 10.6. The van der Waals surface area contributed by atoms with Crippen molar-refractivity contribution in [3.05, 3.63) is 46.6 Å². The summed E-state index contributed by atoms with van der Waals surface area (Å²) in [5.74, 6) is -0.915. The number of carbonyl (C=O) groups is 1. The van der Waals surface area contributed by atoms with E-state index in [1.165, 1.54) is 0 Å². The molecule has 0 fully saturated rings. The molecular weight excluding hydrogens is 262 g/mol. The average Bonchev–Trinajstić information content (AvgIpc) is 2.76. The highest BCUT2D eigenvalue weighted by Crippen LogP contribution is 2.15. The molecule has 0 aliphatic carbocycles. The lowest BCUT2D eigenvalue weighted by Crippen LogP contribution is -1.96. The topological polar surface area (TPSA) is 55.4 Å². The maximum absolute atomic E-state index is 10.6. The van der Waals surface area contributed by atoms with Crippen LogP contribution >= 0.6 is 15.9 Å². The molecule has 78 valence electrons. The van der Waals surface area contributed by atoms with E-state index in [0.29, 0.717) is 11.2 Å². The summed E-state index contributed by atoms with van der Waals surface area (Å²) in [4.78, 5) is 10.6. The van der Waals surface area contributed by atoms with Gasteiger partial charge in [0, 0.05) is 18.0 Å². The molecule has 0 bridgehead atoms. The molecule has 0 amide bonds. The number of carboxylic acid groups (broad SMARTS) is 1. The quantitative estimate of drug-likeness (QED) is 0.932. The third kappa shape index (κ3) is 2.30. The fourth-order valence-electron chi connectivity index (χ4n) is 1.31. The van der Waals surface area contributed by atoms with E-state index in [1.54, 1.807) is 29.3 Å². The summed E-state index contributed by atoms with van der Waals surface area (Å²) >= 11 is 3.20. The third-order valence-corrected chi connectivity index (χ3v) is 2.40. The lowest BCUT2D eigenvalue weighted by Gasteiger charge is -1.97. The van der Waals surface area contributed by atoms with Crippen LogP contribution in [-0.4, -0.2) is 15.6 Å². The van der Waals surface area contributed by atoms with Gasteiger partial charge >= 0.3 is 5.97 Å². The Balaban J connectivity index is 2.14. The molecule has 2 aromatic rings. The highest BCUT2D eigenvalue weighted by molar-refractivity contribution is 9.10. The van der Waals surface area contributed by atoms with E-state index in [-0.39, 0.29) is 5.56 Å². The van der Waals surface area contributed by atoms with Crippen molar-refractivity contribution in [1.82, 2.24) is 4.57 Å². The van der Waals surface area contributed by atoms with Crippen LogP contribution in [0.4, 0.5) is 0 Å². The van der Waals surface area contributed by atoms with Gasteiger partial charge in [0.15, 0.2) is 4.67 Å². The van der Waals surface area contributed by atoms with Crippen molar-refractivity contribution in [2.45, 2.75) is 6.54 Å². The standard InChI is InChI=1S/C10H8BrNO3/c11-9-3-7(6-15-9)4-12-2-1-8(5-12)10(13)14/h1-3,5-6H,4H2,(H,13,14). The molecule has 0 spiro atoms. The van der Waals surface area contributed by atoms with Gasteiger partial charge in [-0.15, -0.1) is 0 Å². The first-order valence-electron chi connectivity index (χ1n) is 4.27. The largest absolute Gasteiger partial charge is 0.478 e. The SMILES string of the molecule is O=C(O)c1ccn(Cc2coc(Br)c2)c1. The molecule has 0 unspecified atom stereocenters.